The van der Waals surface area contributed by atoms with Gasteiger partial charge >= 0.3 is 5.97 Å². The molecule has 0 saturated heterocycles. The summed E-state index contributed by atoms with van der Waals surface area (Å²) < 4.78 is 5.79. The molecule has 5 atom stereocenters. The van der Waals surface area contributed by atoms with Crippen LogP contribution in [-0.2, 0) is 23.9 Å². The van der Waals surface area contributed by atoms with Gasteiger partial charge in [0, 0.05) is 30.3 Å². The van der Waals surface area contributed by atoms with Crippen LogP contribution in [0.5, 0.6) is 5.75 Å². The SMILES string of the molecule is CCC(=O)OC1C2C(=C(O)c3c(O)cccc3C2CCCCC(C)C)C(=O)C2(O)C(O)=C(C(N)=O)C(=O)CC12. The van der Waals surface area contributed by atoms with Crippen molar-refractivity contribution in [3.63, 3.8) is 0 Å². The first-order valence-electron chi connectivity index (χ1n) is 13.3. The van der Waals surface area contributed by atoms with Crippen molar-refractivity contribution in [3.05, 3.63) is 46.2 Å². The number of benzene rings is 1. The second-order valence-electron chi connectivity index (χ2n) is 11.0. The zero-order valence-corrected chi connectivity index (χ0v) is 22.3. The lowest BCUT2D eigenvalue weighted by molar-refractivity contribution is -0.178. The molecule has 210 valence electrons. The minimum absolute atomic E-state index is 0.0130. The number of ether oxygens (including phenoxy) is 1. The van der Waals surface area contributed by atoms with E-state index in [1.54, 1.807) is 19.1 Å². The average molecular weight is 542 g/mol. The molecule has 0 aliphatic heterocycles. The number of carbonyl (C=O) groups is 4. The number of phenolic OH excluding ortho intramolecular Hbond substituents is 1. The fourth-order valence-corrected chi connectivity index (χ4v) is 6.39. The Labute approximate surface area is 226 Å². The largest absolute Gasteiger partial charge is 0.508 e. The highest BCUT2D eigenvalue weighted by Gasteiger charge is 2.66. The molecule has 10 heteroatoms. The molecule has 1 aromatic rings. The Morgan fingerprint density at radius 3 is 2.46 bits per heavy atom. The van der Waals surface area contributed by atoms with Gasteiger partial charge in [-0.15, -0.1) is 0 Å². The number of hydrogen-bond donors (Lipinski definition) is 5. The molecule has 10 nitrogen and oxygen atoms in total. The molecule has 3 aliphatic carbocycles. The number of esters is 1. The molecule has 39 heavy (non-hydrogen) atoms. The zero-order valence-electron chi connectivity index (χ0n) is 22.3. The highest BCUT2D eigenvalue weighted by molar-refractivity contribution is 6.23. The van der Waals surface area contributed by atoms with Crippen LogP contribution < -0.4 is 5.73 Å². The standard InChI is InChI=1S/C29H35NO9/c1-4-19(33)39-25-16-12-18(32)22(28(30)37)26(35)29(16,38)27(36)23-21(25)15(9-6-5-8-13(2)3)14-10-7-11-17(31)20(14)24(23)34/h7,10-11,13,15-16,21,25,31,34-35,38H,4-6,8-9,12H2,1-3H3,(H2,30,37). The van der Waals surface area contributed by atoms with Gasteiger partial charge in [-0.25, -0.2) is 0 Å². The Bertz CT molecular complexity index is 1290. The van der Waals surface area contributed by atoms with E-state index in [-0.39, 0.29) is 23.3 Å². The van der Waals surface area contributed by atoms with Crippen molar-refractivity contribution in [2.45, 2.75) is 76.9 Å². The predicted octanol–water partition coefficient (Wildman–Crippen LogP) is 3.11. The van der Waals surface area contributed by atoms with Crippen molar-refractivity contribution in [2.24, 2.45) is 23.5 Å². The van der Waals surface area contributed by atoms with Gasteiger partial charge in [-0.3, -0.25) is 19.2 Å². The van der Waals surface area contributed by atoms with Gasteiger partial charge in [-0.1, -0.05) is 52.2 Å². The van der Waals surface area contributed by atoms with Gasteiger partial charge in [0.15, 0.2) is 11.4 Å². The van der Waals surface area contributed by atoms with Crippen LogP contribution in [0.3, 0.4) is 0 Å². The van der Waals surface area contributed by atoms with Crippen molar-refractivity contribution in [1.29, 1.82) is 0 Å². The van der Waals surface area contributed by atoms with Crippen molar-refractivity contribution in [2.75, 3.05) is 0 Å². The Kier molecular flexibility index (Phi) is 7.62. The van der Waals surface area contributed by atoms with Crippen LogP contribution in [0.4, 0.5) is 0 Å². The molecule has 0 spiro atoms. The molecule has 0 radical (unpaired) electrons. The van der Waals surface area contributed by atoms with E-state index in [2.05, 4.69) is 13.8 Å². The summed E-state index contributed by atoms with van der Waals surface area (Å²) in [5.74, 6) is -8.64. The molecule has 5 unspecified atom stereocenters. The molecule has 3 aliphatic rings. The Morgan fingerprint density at radius 1 is 1.15 bits per heavy atom. The summed E-state index contributed by atoms with van der Waals surface area (Å²) in [6, 6.07) is 4.68. The summed E-state index contributed by atoms with van der Waals surface area (Å²) in [6.45, 7) is 5.77. The second-order valence-corrected chi connectivity index (χ2v) is 11.0. The summed E-state index contributed by atoms with van der Waals surface area (Å²) in [6.07, 6.45) is 1.07. The van der Waals surface area contributed by atoms with Gasteiger partial charge in [0.25, 0.3) is 5.91 Å². The first kappa shape index (κ1) is 28.4. The summed E-state index contributed by atoms with van der Waals surface area (Å²) in [7, 11) is 0. The van der Waals surface area contributed by atoms with Crippen molar-refractivity contribution >= 4 is 29.2 Å². The van der Waals surface area contributed by atoms with Crippen LogP contribution in [0.2, 0.25) is 0 Å². The number of ketones is 2. The molecule has 1 saturated carbocycles. The van der Waals surface area contributed by atoms with E-state index in [0.29, 0.717) is 17.9 Å². The number of aliphatic hydroxyl groups is 3. The lowest BCUT2D eigenvalue weighted by atomic mass is 9.55. The zero-order chi connectivity index (χ0) is 28.8. The average Bonchev–Trinajstić information content (AvgIpc) is 2.86. The van der Waals surface area contributed by atoms with Gasteiger partial charge in [0.1, 0.15) is 28.9 Å². The van der Waals surface area contributed by atoms with E-state index in [9.17, 15) is 39.6 Å². The predicted molar refractivity (Wildman–Crippen MR) is 139 cm³/mol. The first-order valence-corrected chi connectivity index (χ1v) is 13.3. The minimum atomic E-state index is -2.86. The van der Waals surface area contributed by atoms with E-state index in [0.717, 1.165) is 19.3 Å². The number of aliphatic hydroxyl groups excluding tert-OH is 2. The molecule has 1 aromatic carbocycles. The van der Waals surface area contributed by atoms with Crippen LogP contribution in [-0.4, -0.2) is 55.6 Å². The molecule has 0 bridgehead atoms. The molecule has 4 rings (SSSR count). The maximum Gasteiger partial charge on any atom is 0.305 e. The normalized spacial score (nSPS) is 28.2. The number of Topliss-reactive ketones (excluding diaryl/α,β-unsaturated/α-hetero) is 2. The van der Waals surface area contributed by atoms with Crippen LogP contribution in [0.15, 0.2) is 35.1 Å². The highest BCUT2D eigenvalue weighted by Crippen LogP contribution is 2.57. The topological polar surface area (TPSA) is 184 Å². The Morgan fingerprint density at radius 2 is 1.85 bits per heavy atom. The maximum atomic E-state index is 14.1. The Hall–Kier alpha value is -3.66. The molecule has 6 N–H and O–H groups in total. The lowest BCUT2D eigenvalue weighted by Crippen LogP contribution is -2.64. The van der Waals surface area contributed by atoms with E-state index >= 15 is 0 Å². The number of hydrogen-bond acceptors (Lipinski definition) is 9. The number of unbranched alkanes of at least 4 members (excludes halogenated alkanes) is 1. The maximum absolute atomic E-state index is 14.1. The summed E-state index contributed by atoms with van der Waals surface area (Å²) >= 11 is 0. The number of nitrogens with two attached hydrogens (primary N) is 1. The fraction of sp³-hybridized carbons (Fsp3) is 0.517. The van der Waals surface area contributed by atoms with Gasteiger partial charge in [0.05, 0.1) is 5.56 Å². The van der Waals surface area contributed by atoms with Crippen LogP contribution >= 0.6 is 0 Å². The molecule has 1 amide bonds. The second kappa shape index (κ2) is 10.5. The van der Waals surface area contributed by atoms with Crippen LogP contribution in [0.1, 0.15) is 76.3 Å². The first-order chi connectivity index (χ1) is 18.4. The van der Waals surface area contributed by atoms with Gasteiger partial charge in [-0.2, -0.15) is 0 Å². The number of aromatic hydroxyl groups is 1. The molecular weight excluding hydrogens is 506 g/mol. The lowest BCUT2D eigenvalue weighted by Gasteiger charge is -2.52. The van der Waals surface area contributed by atoms with E-state index in [1.807, 2.05) is 0 Å². The third-order valence-corrected chi connectivity index (χ3v) is 8.24. The highest BCUT2D eigenvalue weighted by atomic mass is 16.5. The van der Waals surface area contributed by atoms with E-state index < -0.39 is 76.4 Å². The number of rotatable bonds is 8. The number of phenols is 1. The van der Waals surface area contributed by atoms with E-state index in [1.165, 1.54) is 6.07 Å². The number of amides is 1. The number of primary amides is 1. The smallest absolute Gasteiger partial charge is 0.305 e. The third-order valence-electron chi connectivity index (χ3n) is 8.24. The van der Waals surface area contributed by atoms with Crippen LogP contribution in [0, 0.1) is 17.8 Å². The molecule has 0 aromatic heterocycles. The number of carbonyl (C=O) groups excluding carboxylic acids is 4. The van der Waals surface area contributed by atoms with Gasteiger partial charge in [0.2, 0.25) is 5.78 Å². The summed E-state index contributed by atoms with van der Waals surface area (Å²) in [5, 5.41) is 44.8. The van der Waals surface area contributed by atoms with Crippen molar-refractivity contribution in [1.82, 2.24) is 0 Å². The van der Waals surface area contributed by atoms with Crippen LogP contribution in [0.25, 0.3) is 5.76 Å². The molecule has 0 heterocycles. The third kappa shape index (κ3) is 4.50. The van der Waals surface area contributed by atoms with Crippen molar-refractivity contribution in [3.8, 4) is 5.75 Å². The molecule has 1 fully saturated rings. The number of fused-ring (bicyclic) bond motifs is 3. The Balaban J connectivity index is 1.96. The van der Waals surface area contributed by atoms with Gasteiger partial charge < -0.3 is 30.9 Å². The monoisotopic (exact) mass is 541 g/mol. The fourth-order valence-electron chi connectivity index (χ4n) is 6.39. The summed E-state index contributed by atoms with van der Waals surface area (Å²) in [5.41, 5.74) is 1.73. The van der Waals surface area contributed by atoms with Crippen molar-refractivity contribution < 1.29 is 44.3 Å². The summed E-state index contributed by atoms with van der Waals surface area (Å²) in [4.78, 5) is 51.6. The van der Waals surface area contributed by atoms with E-state index in [4.69, 9.17) is 10.5 Å². The molecular formula is C29H35NO9. The van der Waals surface area contributed by atoms with Gasteiger partial charge in [-0.05, 0) is 29.9 Å². The minimum Gasteiger partial charge on any atom is -0.508 e. The quantitative estimate of drug-likeness (QED) is 0.187.